The zero-order valence-corrected chi connectivity index (χ0v) is 13.3. The number of amides is 1. The van der Waals surface area contributed by atoms with E-state index in [-0.39, 0.29) is 5.91 Å². The summed E-state index contributed by atoms with van der Waals surface area (Å²) in [5.41, 5.74) is 0.412. The van der Waals surface area contributed by atoms with Gasteiger partial charge in [0.1, 0.15) is 6.04 Å². The molecule has 1 heterocycles. The van der Waals surface area contributed by atoms with Gasteiger partial charge in [0.05, 0.1) is 10.9 Å². The minimum atomic E-state index is -0.832. The number of benzene rings is 1. The normalized spacial score (nSPS) is 12.4. The Morgan fingerprint density at radius 3 is 2.50 bits per heavy atom. The van der Waals surface area contributed by atoms with Crippen LogP contribution in [0.25, 0.3) is 10.9 Å². The maximum Gasteiger partial charge on any atom is 0.329 e. The predicted octanol–water partition coefficient (Wildman–Crippen LogP) is 1.43. The van der Waals surface area contributed by atoms with E-state index in [0.29, 0.717) is 24.0 Å². The number of likely N-dealkylation sites (N-methyl/N-ethyl adjacent to an activating group) is 1. The van der Waals surface area contributed by atoms with Crippen molar-refractivity contribution in [2.75, 3.05) is 13.1 Å². The molecule has 1 N–H and O–H groups in total. The third-order valence-corrected chi connectivity index (χ3v) is 3.90. The van der Waals surface area contributed by atoms with E-state index in [0.717, 1.165) is 10.1 Å². The Morgan fingerprint density at radius 1 is 1.27 bits per heavy atom. The highest BCUT2D eigenvalue weighted by molar-refractivity contribution is 5.81. The Kier molecular flexibility index (Phi) is 4.49. The lowest BCUT2D eigenvalue weighted by molar-refractivity contribution is -0.134. The topological polar surface area (TPSA) is 75.2 Å². The van der Waals surface area contributed by atoms with Crippen molar-refractivity contribution in [1.29, 1.82) is 0 Å². The summed E-state index contributed by atoms with van der Waals surface area (Å²) in [5.74, 6) is -0.232. The van der Waals surface area contributed by atoms with Crippen molar-refractivity contribution in [3.05, 3.63) is 44.6 Å². The van der Waals surface area contributed by atoms with Crippen molar-refractivity contribution in [2.24, 2.45) is 0 Å². The Labute approximate surface area is 128 Å². The van der Waals surface area contributed by atoms with Crippen LogP contribution in [0.2, 0.25) is 0 Å². The molecule has 0 aliphatic carbocycles. The summed E-state index contributed by atoms with van der Waals surface area (Å²) in [6, 6.07) is 4.42. The van der Waals surface area contributed by atoms with Crippen molar-refractivity contribution in [3.63, 3.8) is 0 Å². The minimum Gasteiger partial charge on any atom is -0.341 e. The molecule has 0 aliphatic rings. The molecule has 0 radical (unpaired) electrons. The van der Waals surface area contributed by atoms with Crippen LogP contribution in [-0.2, 0) is 4.79 Å². The molecule has 22 heavy (non-hydrogen) atoms. The van der Waals surface area contributed by atoms with E-state index in [9.17, 15) is 14.4 Å². The second kappa shape index (κ2) is 6.17. The zero-order valence-electron chi connectivity index (χ0n) is 13.3. The van der Waals surface area contributed by atoms with E-state index in [2.05, 4.69) is 4.98 Å². The third-order valence-electron chi connectivity index (χ3n) is 3.90. The van der Waals surface area contributed by atoms with E-state index in [1.807, 2.05) is 26.8 Å². The fourth-order valence-electron chi connectivity index (χ4n) is 2.60. The molecular weight excluding hydrogens is 282 g/mol. The molecular formula is C16H21N3O3. The maximum absolute atomic E-state index is 12.6. The molecule has 1 aromatic heterocycles. The summed E-state index contributed by atoms with van der Waals surface area (Å²) >= 11 is 0. The van der Waals surface area contributed by atoms with Crippen molar-refractivity contribution in [2.45, 2.75) is 33.7 Å². The molecule has 0 aliphatic heterocycles. The van der Waals surface area contributed by atoms with Crippen LogP contribution in [0.15, 0.2) is 27.8 Å². The third kappa shape index (κ3) is 2.68. The quantitative estimate of drug-likeness (QED) is 0.928. The number of rotatable bonds is 4. The average Bonchev–Trinajstić information content (AvgIpc) is 2.49. The number of hydrogen-bond donors (Lipinski definition) is 1. The van der Waals surface area contributed by atoms with Gasteiger partial charge in [-0.15, -0.1) is 0 Å². The van der Waals surface area contributed by atoms with Crippen LogP contribution in [0.1, 0.15) is 32.4 Å². The van der Waals surface area contributed by atoms with E-state index >= 15 is 0 Å². The van der Waals surface area contributed by atoms with Crippen LogP contribution in [-0.4, -0.2) is 33.4 Å². The van der Waals surface area contributed by atoms with Crippen LogP contribution < -0.4 is 11.2 Å². The van der Waals surface area contributed by atoms with E-state index in [4.69, 9.17) is 0 Å². The fraction of sp³-hybridized carbons (Fsp3) is 0.438. The lowest BCUT2D eigenvalue weighted by Gasteiger charge is -2.23. The fourth-order valence-corrected chi connectivity index (χ4v) is 2.60. The van der Waals surface area contributed by atoms with Crippen molar-refractivity contribution >= 4 is 16.8 Å². The highest BCUT2D eigenvalue weighted by Crippen LogP contribution is 2.11. The molecule has 1 amide bonds. The minimum absolute atomic E-state index is 0.232. The molecule has 6 heteroatoms. The zero-order chi connectivity index (χ0) is 16.4. The first kappa shape index (κ1) is 16.0. The highest BCUT2D eigenvalue weighted by atomic mass is 16.2. The molecule has 2 aromatic rings. The largest absolute Gasteiger partial charge is 0.341 e. The van der Waals surface area contributed by atoms with Crippen LogP contribution in [0.3, 0.4) is 0 Å². The second-order valence-corrected chi connectivity index (χ2v) is 5.34. The molecule has 1 atom stereocenters. The molecule has 2 rings (SSSR count). The monoisotopic (exact) mass is 303 g/mol. The SMILES string of the molecule is CCN(CC)C(=O)C(C)n1c(=O)[nH]c2ccc(C)cc2c1=O. The van der Waals surface area contributed by atoms with Gasteiger partial charge in [-0.2, -0.15) is 0 Å². The van der Waals surface area contributed by atoms with E-state index < -0.39 is 17.3 Å². The molecule has 0 saturated heterocycles. The Morgan fingerprint density at radius 2 is 1.91 bits per heavy atom. The van der Waals surface area contributed by atoms with Gasteiger partial charge in [0.25, 0.3) is 5.56 Å². The van der Waals surface area contributed by atoms with Gasteiger partial charge in [0, 0.05) is 13.1 Å². The summed E-state index contributed by atoms with van der Waals surface area (Å²) in [6.45, 7) is 8.27. The van der Waals surface area contributed by atoms with Crippen LogP contribution in [0.4, 0.5) is 0 Å². The van der Waals surface area contributed by atoms with Gasteiger partial charge in [-0.05, 0) is 39.8 Å². The van der Waals surface area contributed by atoms with Crippen molar-refractivity contribution in [1.82, 2.24) is 14.5 Å². The smallest absolute Gasteiger partial charge is 0.329 e. The summed E-state index contributed by atoms with van der Waals surface area (Å²) in [4.78, 5) is 41.5. The molecule has 6 nitrogen and oxygen atoms in total. The Bertz CT molecular complexity index is 815. The first-order valence-electron chi connectivity index (χ1n) is 7.44. The molecule has 1 unspecified atom stereocenters. The van der Waals surface area contributed by atoms with Gasteiger partial charge in [0.2, 0.25) is 5.91 Å². The first-order chi connectivity index (χ1) is 10.4. The highest BCUT2D eigenvalue weighted by Gasteiger charge is 2.23. The first-order valence-corrected chi connectivity index (χ1v) is 7.44. The van der Waals surface area contributed by atoms with Crippen LogP contribution in [0, 0.1) is 6.92 Å². The summed E-state index contributed by atoms with van der Waals surface area (Å²) in [6.07, 6.45) is 0. The number of fused-ring (bicyclic) bond motifs is 1. The second-order valence-electron chi connectivity index (χ2n) is 5.34. The number of carbonyl (C=O) groups excluding carboxylic acids is 1. The molecule has 0 fully saturated rings. The number of carbonyl (C=O) groups is 1. The van der Waals surface area contributed by atoms with Crippen LogP contribution >= 0.6 is 0 Å². The molecule has 1 aromatic carbocycles. The number of nitrogens with one attached hydrogen (secondary N) is 1. The number of aromatic amines is 1. The van der Waals surface area contributed by atoms with Crippen LogP contribution in [0.5, 0.6) is 0 Å². The Hall–Kier alpha value is -2.37. The number of hydrogen-bond acceptors (Lipinski definition) is 3. The van der Waals surface area contributed by atoms with Gasteiger partial charge in [-0.25, -0.2) is 9.36 Å². The number of H-pyrrole nitrogens is 1. The van der Waals surface area contributed by atoms with Gasteiger partial charge in [-0.1, -0.05) is 11.6 Å². The molecule has 118 valence electrons. The van der Waals surface area contributed by atoms with Gasteiger partial charge >= 0.3 is 5.69 Å². The number of aryl methyl sites for hydroxylation is 1. The van der Waals surface area contributed by atoms with Crippen molar-refractivity contribution < 1.29 is 4.79 Å². The lowest BCUT2D eigenvalue weighted by Crippen LogP contribution is -2.44. The van der Waals surface area contributed by atoms with Gasteiger partial charge in [-0.3, -0.25) is 9.59 Å². The van der Waals surface area contributed by atoms with Gasteiger partial charge in [0.15, 0.2) is 0 Å². The van der Waals surface area contributed by atoms with E-state index in [1.54, 1.807) is 24.0 Å². The lowest BCUT2D eigenvalue weighted by atomic mass is 10.1. The Balaban J connectivity index is 2.63. The van der Waals surface area contributed by atoms with Gasteiger partial charge < -0.3 is 9.88 Å². The number of nitrogens with zero attached hydrogens (tertiary/aromatic N) is 2. The summed E-state index contributed by atoms with van der Waals surface area (Å²) in [5, 5.41) is 0.416. The predicted molar refractivity (Wildman–Crippen MR) is 86.2 cm³/mol. The summed E-state index contributed by atoms with van der Waals surface area (Å²) in [7, 11) is 0. The molecule has 0 spiro atoms. The van der Waals surface area contributed by atoms with E-state index in [1.165, 1.54) is 0 Å². The molecule has 0 saturated carbocycles. The standard InChI is InChI=1S/C16H21N3O3/c1-5-18(6-2)14(20)11(4)19-15(21)12-9-10(3)7-8-13(12)17-16(19)22/h7-9,11H,5-6H2,1-4H3,(H,17,22). The average molecular weight is 303 g/mol. The summed E-state index contributed by atoms with van der Waals surface area (Å²) < 4.78 is 1.00. The molecule has 0 bridgehead atoms. The van der Waals surface area contributed by atoms with Crippen molar-refractivity contribution in [3.8, 4) is 0 Å². The number of aromatic nitrogens is 2. The maximum atomic E-state index is 12.6.